The number of carbonyl (C=O) groups is 2. The maximum Gasteiger partial charge on any atom is 0.270 e. The van der Waals surface area contributed by atoms with Crippen LogP contribution in [0.5, 0.6) is 0 Å². The van der Waals surface area contributed by atoms with E-state index in [4.69, 9.17) is 0 Å². The number of carbonyl (C=O) groups excluding carboxylic acids is 2. The van der Waals surface area contributed by atoms with Gasteiger partial charge in [0.1, 0.15) is 0 Å². The summed E-state index contributed by atoms with van der Waals surface area (Å²) in [4.78, 5) is 36.7. The number of non-ortho nitro benzene ring substituents is 1. The van der Waals surface area contributed by atoms with Gasteiger partial charge in [-0.25, -0.2) is 4.90 Å². The number of nitrogens with zero attached hydrogens (tertiary/aromatic N) is 2. The summed E-state index contributed by atoms with van der Waals surface area (Å²) in [5, 5.41) is 10.9. The first kappa shape index (κ1) is 14.9. The van der Waals surface area contributed by atoms with Crippen molar-refractivity contribution in [1.82, 2.24) is 0 Å². The Morgan fingerprint density at radius 2 is 1.48 bits per heavy atom. The molecule has 0 saturated heterocycles. The van der Waals surface area contributed by atoms with Crippen molar-refractivity contribution in [2.75, 3.05) is 4.90 Å². The number of hydrogen-bond acceptors (Lipinski definition) is 4. The van der Waals surface area contributed by atoms with E-state index in [0.717, 1.165) is 27.7 Å². The molecule has 2 aromatic carbocycles. The lowest BCUT2D eigenvalue weighted by molar-refractivity contribution is -0.384. The Morgan fingerprint density at radius 1 is 0.913 bits per heavy atom. The molecule has 0 unspecified atom stereocenters. The van der Waals surface area contributed by atoms with Gasteiger partial charge < -0.3 is 0 Å². The number of imide groups is 1. The van der Waals surface area contributed by atoms with Gasteiger partial charge in [-0.3, -0.25) is 19.7 Å². The van der Waals surface area contributed by atoms with Gasteiger partial charge in [-0.05, 0) is 38.0 Å². The molecule has 23 heavy (non-hydrogen) atoms. The Kier molecular flexibility index (Phi) is 3.25. The van der Waals surface area contributed by atoms with Crippen molar-refractivity contribution in [3.05, 3.63) is 68.3 Å². The Hall–Kier alpha value is -3.02. The Bertz CT molecular complexity index is 863. The monoisotopic (exact) mass is 310 g/mol. The lowest BCUT2D eigenvalue weighted by atomic mass is 10.0. The van der Waals surface area contributed by atoms with Gasteiger partial charge in [0.2, 0.25) is 0 Å². The number of nitro groups is 1. The SMILES string of the molecule is Cc1cc(C)c(N2C(=O)c3ccc([N+](=O)[O-])cc3C2=O)c(C)c1. The van der Waals surface area contributed by atoms with Gasteiger partial charge in [0.15, 0.2) is 0 Å². The van der Waals surface area contributed by atoms with Crippen LogP contribution in [0.1, 0.15) is 37.4 Å². The van der Waals surface area contributed by atoms with Crippen molar-refractivity contribution in [3.8, 4) is 0 Å². The smallest absolute Gasteiger partial charge is 0.268 e. The molecular weight excluding hydrogens is 296 g/mol. The topological polar surface area (TPSA) is 80.5 Å². The fourth-order valence-corrected chi connectivity index (χ4v) is 3.07. The maximum atomic E-state index is 12.7. The van der Waals surface area contributed by atoms with Crippen molar-refractivity contribution in [2.45, 2.75) is 20.8 Å². The van der Waals surface area contributed by atoms with Crippen LogP contribution in [0, 0.1) is 30.9 Å². The van der Waals surface area contributed by atoms with Crippen LogP contribution in [0.3, 0.4) is 0 Å². The Labute approximate surface area is 132 Å². The van der Waals surface area contributed by atoms with Crippen LogP contribution in [0.2, 0.25) is 0 Å². The average molecular weight is 310 g/mol. The van der Waals surface area contributed by atoms with E-state index in [1.165, 1.54) is 12.1 Å². The van der Waals surface area contributed by atoms with Crippen LogP contribution >= 0.6 is 0 Å². The van der Waals surface area contributed by atoms with Crippen LogP contribution in [0.25, 0.3) is 0 Å². The fourth-order valence-electron chi connectivity index (χ4n) is 3.07. The predicted molar refractivity (Wildman–Crippen MR) is 84.9 cm³/mol. The second-order valence-corrected chi connectivity index (χ2v) is 5.68. The molecule has 6 heteroatoms. The summed E-state index contributed by atoms with van der Waals surface area (Å²) < 4.78 is 0. The molecule has 0 aliphatic carbocycles. The van der Waals surface area contributed by atoms with Crippen molar-refractivity contribution >= 4 is 23.2 Å². The molecule has 116 valence electrons. The molecule has 1 aliphatic heterocycles. The molecule has 2 aromatic rings. The molecule has 0 radical (unpaired) electrons. The number of amides is 2. The van der Waals surface area contributed by atoms with Gasteiger partial charge >= 0.3 is 0 Å². The summed E-state index contributed by atoms with van der Waals surface area (Å²) >= 11 is 0. The number of benzene rings is 2. The van der Waals surface area contributed by atoms with Crippen LogP contribution in [-0.2, 0) is 0 Å². The Balaban J connectivity index is 2.16. The van der Waals surface area contributed by atoms with E-state index < -0.39 is 16.7 Å². The molecule has 0 saturated carbocycles. The van der Waals surface area contributed by atoms with Gasteiger partial charge in [-0.1, -0.05) is 17.7 Å². The first-order valence-electron chi connectivity index (χ1n) is 7.06. The number of anilines is 1. The van der Waals surface area contributed by atoms with Crippen LogP contribution in [0.15, 0.2) is 30.3 Å². The third kappa shape index (κ3) is 2.19. The highest BCUT2D eigenvalue weighted by Crippen LogP contribution is 2.34. The molecule has 3 rings (SSSR count). The van der Waals surface area contributed by atoms with Crippen LogP contribution in [-0.4, -0.2) is 16.7 Å². The second kappa shape index (κ2) is 5.01. The molecule has 1 heterocycles. The number of aryl methyl sites for hydroxylation is 3. The summed E-state index contributed by atoms with van der Waals surface area (Å²) in [6.07, 6.45) is 0. The predicted octanol–water partition coefficient (Wildman–Crippen LogP) is 3.32. The van der Waals surface area contributed by atoms with Crippen molar-refractivity contribution in [1.29, 1.82) is 0 Å². The summed E-state index contributed by atoms with van der Waals surface area (Å²) in [5.74, 6) is -0.973. The van der Waals surface area contributed by atoms with E-state index in [0.29, 0.717) is 5.69 Å². The molecule has 1 aliphatic rings. The maximum absolute atomic E-state index is 12.7. The zero-order valence-electron chi connectivity index (χ0n) is 12.9. The third-order valence-electron chi connectivity index (χ3n) is 3.94. The summed E-state index contributed by atoms with van der Waals surface area (Å²) in [6.45, 7) is 5.61. The molecule has 0 fully saturated rings. The minimum Gasteiger partial charge on any atom is -0.268 e. The first-order valence-corrected chi connectivity index (χ1v) is 7.06. The average Bonchev–Trinajstić information content (AvgIpc) is 2.71. The standard InChI is InChI=1S/C17H14N2O4/c1-9-6-10(2)15(11(3)7-9)18-16(20)13-5-4-12(19(22)23)8-14(13)17(18)21/h4-8H,1-3H3. The van der Waals surface area contributed by atoms with E-state index in [1.54, 1.807) is 0 Å². The summed E-state index contributed by atoms with van der Waals surface area (Å²) in [6, 6.07) is 7.53. The lowest BCUT2D eigenvalue weighted by Crippen LogP contribution is -2.30. The van der Waals surface area contributed by atoms with Gasteiger partial charge in [-0.2, -0.15) is 0 Å². The normalized spacial score (nSPS) is 13.4. The zero-order valence-corrected chi connectivity index (χ0v) is 12.9. The van der Waals surface area contributed by atoms with Gasteiger partial charge in [0.05, 0.1) is 21.7 Å². The van der Waals surface area contributed by atoms with E-state index in [1.807, 2.05) is 32.9 Å². The lowest BCUT2D eigenvalue weighted by Gasteiger charge is -2.20. The van der Waals surface area contributed by atoms with Crippen molar-refractivity contribution in [3.63, 3.8) is 0 Å². The zero-order chi connectivity index (χ0) is 16.9. The Morgan fingerprint density at radius 3 is 2.04 bits per heavy atom. The highest BCUT2D eigenvalue weighted by Gasteiger charge is 2.39. The molecule has 0 N–H and O–H groups in total. The molecule has 0 aromatic heterocycles. The number of rotatable bonds is 2. The number of fused-ring (bicyclic) bond motifs is 1. The van der Waals surface area contributed by atoms with Crippen LogP contribution in [0.4, 0.5) is 11.4 Å². The van der Waals surface area contributed by atoms with Gasteiger partial charge in [0.25, 0.3) is 17.5 Å². The first-order chi connectivity index (χ1) is 10.8. The largest absolute Gasteiger partial charge is 0.270 e. The highest BCUT2D eigenvalue weighted by atomic mass is 16.6. The molecule has 0 bridgehead atoms. The molecule has 6 nitrogen and oxygen atoms in total. The van der Waals surface area contributed by atoms with E-state index in [-0.39, 0.29) is 16.8 Å². The summed E-state index contributed by atoms with van der Waals surface area (Å²) in [5.41, 5.74) is 3.27. The summed E-state index contributed by atoms with van der Waals surface area (Å²) in [7, 11) is 0. The van der Waals surface area contributed by atoms with Gasteiger partial charge in [-0.15, -0.1) is 0 Å². The molecule has 0 atom stereocenters. The third-order valence-corrected chi connectivity index (χ3v) is 3.94. The van der Waals surface area contributed by atoms with E-state index >= 15 is 0 Å². The fraction of sp³-hybridized carbons (Fsp3) is 0.176. The van der Waals surface area contributed by atoms with Crippen molar-refractivity contribution < 1.29 is 14.5 Å². The minimum atomic E-state index is -0.580. The quantitative estimate of drug-likeness (QED) is 0.484. The van der Waals surface area contributed by atoms with E-state index in [9.17, 15) is 19.7 Å². The van der Waals surface area contributed by atoms with Crippen LogP contribution < -0.4 is 4.90 Å². The molecular formula is C17H14N2O4. The number of hydrogen-bond donors (Lipinski definition) is 0. The minimum absolute atomic E-state index is 0.0728. The van der Waals surface area contributed by atoms with Crippen molar-refractivity contribution in [2.24, 2.45) is 0 Å². The number of nitro benzene ring substituents is 1. The van der Waals surface area contributed by atoms with E-state index in [2.05, 4.69) is 0 Å². The second-order valence-electron chi connectivity index (χ2n) is 5.68. The molecule has 2 amide bonds. The van der Waals surface area contributed by atoms with Gasteiger partial charge in [0, 0.05) is 12.1 Å². The molecule has 0 spiro atoms. The highest BCUT2D eigenvalue weighted by molar-refractivity contribution is 6.35.